The van der Waals surface area contributed by atoms with Crippen LogP contribution in [0.5, 0.6) is 5.75 Å². The van der Waals surface area contributed by atoms with Crippen molar-refractivity contribution in [2.24, 2.45) is 11.3 Å². The minimum absolute atomic E-state index is 0.0351. The van der Waals surface area contributed by atoms with Gasteiger partial charge in [0, 0.05) is 31.0 Å². The van der Waals surface area contributed by atoms with E-state index in [-0.39, 0.29) is 29.2 Å². The minimum atomic E-state index is -0.356. The normalized spacial score (nSPS) is 21.4. The maximum atomic E-state index is 13.2. The molecule has 2 aliphatic heterocycles. The number of rotatable bonds is 3. The first-order valence-corrected chi connectivity index (χ1v) is 10.0. The maximum absolute atomic E-state index is 13.2. The number of nitrogens with zero attached hydrogens (tertiary/aromatic N) is 2. The third kappa shape index (κ3) is 4.28. The van der Waals surface area contributed by atoms with Gasteiger partial charge >= 0.3 is 0 Å². The number of ether oxygens (including phenoxy) is 1. The summed E-state index contributed by atoms with van der Waals surface area (Å²) in [5, 5.41) is 0. The first kappa shape index (κ1) is 19.7. The van der Waals surface area contributed by atoms with E-state index in [4.69, 9.17) is 4.74 Å². The highest BCUT2D eigenvalue weighted by Gasteiger charge is 2.37. The molecule has 0 bridgehead atoms. The molecule has 0 N–H and O–H groups in total. The Hall–Kier alpha value is -2.04. The van der Waals surface area contributed by atoms with E-state index in [0.29, 0.717) is 13.1 Å². The quantitative estimate of drug-likeness (QED) is 0.814. The molecule has 27 heavy (non-hydrogen) atoms. The Morgan fingerprint density at radius 2 is 1.63 bits per heavy atom. The molecular weight excluding hydrogens is 340 g/mol. The monoisotopic (exact) mass is 372 g/mol. The standard InChI is InChI=1S/C22H32N2O3/c1-22(2,3)21(26)23-14-11-17(12-15-23)20(25)24-13-5-6-19(24)16-7-9-18(27-4)10-8-16/h7-10,17,19H,5-6,11-15H2,1-4H3. The van der Waals surface area contributed by atoms with Crippen molar-refractivity contribution < 1.29 is 14.3 Å². The van der Waals surface area contributed by atoms with Gasteiger partial charge in [-0.2, -0.15) is 0 Å². The summed E-state index contributed by atoms with van der Waals surface area (Å²) in [5.74, 6) is 1.32. The molecule has 1 atom stereocenters. The Morgan fingerprint density at radius 3 is 2.19 bits per heavy atom. The highest BCUT2D eigenvalue weighted by atomic mass is 16.5. The number of amides is 2. The Morgan fingerprint density at radius 1 is 1.00 bits per heavy atom. The number of methoxy groups -OCH3 is 1. The van der Waals surface area contributed by atoms with Gasteiger partial charge in [-0.15, -0.1) is 0 Å². The fraction of sp³-hybridized carbons (Fsp3) is 0.636. The SMILES string of the molecule is COc1ccc(C2CCCN2C(=O)C2CCN(C(=O)C(C)(C)C)CC2)cc1. The number of hydrogen-bond donors (Lipinski definition) is 0. The van der Waals surface area contributed by atoms with Crippen molar-refractivity contribution in [1.82, 2.24) is 9.80 Å². The zero-order chi connectivity index (χ0) is 19.6. The van der Waals surface area contributed by atoms with Gasteiger partial charge in [-0.05, 0) is 43.4 Å². The molecular formula is C22H32N2O3. The zero-order valence-electron chi connectivity index (χ0n) is 17.0. The van der Waals surface area contributed by atoms with Crippen LogP contribution in [-0.2, 0) is 9.59 Å². The molecule has 1 aromatic carbocycles. The Labute approximate surface area is 162 Å². The van der Waals surface area contributed by atoms with Crippen LogP contribution in [0.15, 0.2) is 24.3 Å². The fourth-order valence-electron chi connectivity index (χ4n) is 4.24. The number of carbonyl (C=O) groups is 2. The van der Waals surface area contributed by atoms with Gasteiger partial charge in [0.25, 0.3) is 0 Å². The third-order valence-corrected chi connectivity index (χ3v) is 5.81. The van der Waals surface area contributed by atoms with Gasteiger partial charge in [0.15, 0.2) is 0 Å². The summed E-state index contributed by atoms with van der Waals surface area (Å²) < 4.78 is 5.24. The van der Waals surface area contributed by atoms with Crippen LogP contribution in [0.1, 0.15) is 58.1 Å². The van der Waals surface area contributed by atoms with Crippen LogP contribution in [0.25, 0.3) is 0 Å². The van der Waals surface area contributed by atoms with Gasteiger partial charge in [0.05, 0.1) is 13.2 Å². The smallest absolute Gasteiger partial charge is 0.227 e. The average Bonchev–Trinajstić information content (AvgIpc) is 3.16. The molecule has 2 heterocycles. The summed E-state index contributed by atoms with van der Waals surface area (Å²) in [6, 6.07) is 8.23. The van der Waals surface area contributed by atoms with E-state index in [1.165, 1.54) is 5.56 Å². The van der Waals surface area contributed by atoms with Crippen molar-refractivity contribution >= 4 is 11.8 Å². The summed E-state index contributed by atoms with van der Waals surface area (Å²) >= 11 is 0. The van der Waals surface area contributed by atoms with Crippen LogP contribution in [0.4, 0.5) is 0 Å². The predicted octanol–water partition coefficient (Wildman–Crippen LogP) is 3.64. The average molecular weight is 373 g/mol. The fourth-order valence-corrected chi connectivity index (χ4v) is 4.24. The number of hydrogen-bond acceptors (Lipinski definition) is 3. The van der Waals surface area contributed by atoms with Gasteiger partial charge in [0.2, 0.25) is 11.8 Å². The number of piperidine rings is 1. The molecule has 2 aliphatic rings. The van der Waals surface area contributed by atoms with Crippen molar-refractivity contribution in [3.05, 3.63) is 29.8 Å². The van der Waals surface area contributed by atoms with Gasteiger partial charge in [-0.25, -0.2) is 0 Å². The summed E-state index contributed by atoms with van der Waals surface area (Å²) in [5.41, 5.74) is 0.827. The summed E-state index contributed by atoms with van der Waals surface area (Å²) in [7, 11) is 1.66. The topological polar surface area (TPSA) is 49.9 Å². The molecule has 3 rings (SSSR count). The van der Waals surface area contributed by atoms with Crippen LogP contribution in [0.2, 0.25) is 0 Å². The molecule has 0 aliphatic carbocycles. The lowest BCUT2D eigenvalue weighted by Gasteiger charge is -2.37. The number of carbonyl (C=O) groups excluding carboxylic acids is 2. The van der Waals surface area contributed by atoms with Crippen molar-refractivity contribution in [3.8, 4) is 5.75 Å². The summed E-state index contributed by atoms with van der Waals surface area (Å²) in [4.78, 5) is 29.6. The second-order valence-electron chi connectivity index (χ2n) is 8.78. The second-order valence-corrected chi connectivity index (χ2v) is 8.78. The molecule has 1 aromatic rings. The lowest BCUT2D eigenvalue weighted by atomic mass is 9.90. The molecule has 5 heteroatoms. The zero-order valence-corrected chi connectivity index (χ0v) is 17.0. The molecule has 148 valence electrons. The molecule has 2 amide bonds. The van der Waals surface area contributed by atoms with E-state index in [1.54, 1.807) is 7.11 Å². The van der Waals surface area contributed by atoms with Crippen molar-refractivity contribution in [3.63, 3.8) is 0 Å². The van der Waals surface area contributed by atoms with E-state index in [0.717, 1.165) is 38.0 Å². The number of likely N-dealkylation sites (tertiary alicyclic amines) is 2. The second kappa shape index (κ2) is 7.91. The lowest BCUT2D eigenvalue weighted by Crippen LogP contribution is -2.47. The summed E-state index contributed by atoms with van der Waals surface area (Å²) in [6.45, 7) is 8.07. The lowest BCUT2D eigenvalue weighted by molar-refractivity contribution is -0.145. The van der Waals surface area contributed by atoms with E-state index in [2.05, 4.69) is 17.0 Å². The van der Waals surface area contributed by atoms with E-state index in [1.807, 2.05) is 37.8 Å². The number of benzene rings is 1. The Balaban J connectivity index is 1.62. The highest BCUT2D eigenvalue weighted by molar-refractivity contribution is 5.83. The highest BCUT2D eigenvalue weighted by Crippen LogP contribution is 2.35. The molecule has 2 saturated heterocycles. The molecule has 0 radical (unpaired) electrons. The van der Waals surface area contributed by atoms with Gasteiger partial charge in [-0.3, -0.25) is 9.59 Å². The first-order valence-electron chi connectivity index (χ1n) is 10.0. The van der Waals surface area contributed by atoms with Gasteiger partial charge in [0.1, 0.15) is 5.75 Å². The molecule has 2 fully saturated rings. The molecule has 1 unspecified atom stereocenters. The molecule has 0 saturated carbocycles. The van der Waals surface area contributed by atoms with E-state index < -0.39 is 0 Å². The van der Waals surface area contributed by atoms with Crippen LogP contribution in [0, 0.1) is 11.3 Å². The summed E-state index contributed by atoms with van der Waals surface area (Å²) in [6.07, 6.45) is 3.60. The minimum Gasteiger partial charge on any atom is -0.497 e. The van der Waals surface area contributed by atoms with E-state index >= 15 is 0 Å². The largest absolute Gasteiger partial charge is 0.497 e. The molecule has 0 aromatic heterocycles. The van der Waals surface area contributed by atoms with Crippen molar-refractivity contribution in [2.45, 2.75) is 52.5 Å². The Bertz CT molecular complexity index is 670. The third-order valence-electron chi connectivity index (χ3n) is 5.81. The first-order chi connectivity index (χ1) is 12.8. The van der Waals surface area contributed by atoms with Gasteiger partial charge < -0.3 is 14.5 Å². The van der Waals surface area contributed by atoms with Crippen LogP contribution in [-0.4, -0.2) is 48.4 Å². The van der Waals surface area contributed by atoms with Gasteiger partial charge in [-0.1, -0.05) is 32.9 Å². The van der Waals surface area contributed by atoms with Crippen LogP contribution >= 0.6 is 0 Å². The predicted molar refractivity (Wildman–Crippen MR) is 105 cm³/mol. The Kier molecular flexibility index (Phi) is 5.78. The van der Waals surface area contributed by atoms with Crippen molar-refractivity contribution in [1.29, 1.82) is 0 Å². The van der Waals surface area contributed by atoms with Crippen LogP contribution in [0.3, 0.4) is 0 Å². The molecule has 0 spiro atoms. The maximum Gasteiger partial charge on any atom is 0.227 e. The van der Waals surface area contributed by atoms with Crippen LogP contribution < -0.4 is 4.74 Å². The molecule has 5 nitrogen and oxygen atoms in total. The van der Waals surface area contributed by atoms with E-state index in [9.17, 15) is 9.59 Å². The van der Waals surface area contributed by atoms with Crippen molar-refractivity contribution in [2.75, 3.05) is 26.7 Å².